The van der Waals surface area contributed by atoms with Crippen molar-refractivity contribution in [3.8, 4) is 17.7 Å². The number of rotatable bonds is 8. The summed E-state index contributed by atoms with van der Waals surface area (Å²) in [5.74, 6) is 0.789. The van der Waals surface area contributed by atoms with Crippen LogP contribution in [0.4, 0.5) is 11.4 Å². The SMILES string of the molecule is CCCS(=O)(=O)Nc1ccc(C2C(C#N)c3ccc(Oc4cnccn4)cc3N2C2CC2)cc1. The Bertz CT molecular complexity index is 1320. The van der Waals surface area contributed by atoms with Crippen LogP contribution in [0.5, 0.6) is 11.6 Å². The molecule has 1 N–H and O–H groups in total. The molecule has 0 radical (unpaired) electrons. The molecule has 2 aliphatic rings. The van der Waals surface area contributed by atoms with E-state index in [4.69, 9.17) is 4.74 Å². The maximum atomic E-state index is 12.1. The number of nitriles is 1. The van der Waals surface area contributed by atoms with E-state index < -0.39 is 10.0 Å². The lowest BCUT2D eigenvalue weighted by Crippen LogP contribution is -2.28. The minimum Gasteiger partial charge on any atom is -0.437 e. The van der Waals surface area contributed by atoms with Gasteiger partial charge in [-0.3, -0.25) is 9.71 Å². The Kier molecular flexibility index (Phi) is 5.84. The third-order valence-electron chi connectivity index (χ3n) is 6.07. The van der Waals surface area contributed by atoms with Gasteiger partial charge in [-0.05, 0) is 48.6 Å². The van der Waals surface area contributed by atoms with Gasteiger partial charge in [-0.25, -0.2) is 13.4 Å². The van der Waals surface area contributed by atoms with Crippen LogP contribution in [0, 0.1) is 11.3 Å². The second-order valence-electron chi connectivity index (χ2n) is 8.60. The number of sulfonamides is 1. The quantitative estimate of drug-likeness (QED) is 0.501. The molecule has 3 aromatic rings. The summed E-state index contributed by atoms with van der Waals surface area (Å²) >= 11 is 0. The zero-order valence-corrected chi connectivity index (χ0v) is 19.6. The summed E-state index contributed by atoms with van der Waals surface area (Å²) in [4.78, 5) is 10.5. The lowest BCUT2D eigenvalue weighted by molar-refractivity contribution is 0.460. The smallest absolute Gasteiger partial charge is 0.237 e. The van der Waals surface area contributed by atoms with Gasteiger partial charge in [0.15, 0.2) is 0 Å². The molecule has 174 valence electrons. The Morgan fingerprint density at radius 2 is 1.97 bits per heavy atom. The number of nitrogens with zero attached hydrogens (tertiary/aromatic N) is 4. The molecule has 5 rings (SSSR count). The van der Waals surface area contributed by atoms with Crippen molar-refractivity contribution in [3.63, 3.8) is 0 Å². The second kappa shape index (κ2) is 8.95. The van der Waals surface area contributed by atoms with Crippen LogP contribution in [-0.4, -0.2) is 30.2 Å². The van der Waals surface area contributed by atoms with Crippen LogP contribution in [0.15, 0.2) is 61.1 Å². The highest BCUT2D eigenvalue weighted by molar-refractivity contribution is 7.92. The van der Waals surface area contributed by atoms with Crippen LogP contribution in [0.25, 0.3) is 0 Å². The third-order valence-corrected chi connectivity index (χ3v) is 7.56. The number of hydrogen-bond acceptors (Lipinski definition) is 7. The van der Waals surface area contributed by atoms with Gasteiger partial charge in [0.05, 0.1) is 30.0 Å². The summed E-state index contributed by atoms with van der Waals surface area (Å²) < 4.78 is 32.8. The first-order valence-electron chi connectivity index (χ1n) is 11.4. The normalized spacial score (nSPS) is 19.4. The topological polar surface area (TPSA) is 108 Å². The van der Waals surface area contributed by atoms with Crippen LogP contribution in [-0.2, 0) is 10.0 Å². The first-order chi connectivity index (χ1) is 16.5. The molecule has 1 aliphatic heterocycles. The van der Waals surface area contributed by atoms with Crippen LogP contribution >= 0.6 is 0 Å². The van der Waals surface area contributed by atoms with Crippen molar-refractivity contribution in [2.75, 3.05) is 15.4 Å². The molecule has 2 atom stereocenters. The highest BCUT2D eigenvalue weighted by Gasteiger charge is 2.46. The molecule has 1 fully saturated rings. The summed E-state index contributed by atoms with van der Waals surface area (Å²) in [6.07, 6.45) is 7.41. The summed E-state index contributed by atoms with van der Waals surface area (Å²) in [6, 6.07) is 15.9. The minimum atomic E-state index is -3.36. The molecule has 0 spiro atoms. The molecular formula is C25H25N5O3S. The van der Waals surface area contributed by atoms with Crippen molar-refractivity contribution < 1.29 is 13.2 Å². The second-order valence-corrected chi connectivity index (χ2v) is 10.4. The Balaban J connectivity index is 1.46. The summed E-state index contributed by atoms with van der Waals surface area (Å²) in [7, 11) is -3.36. The number of nitrogens with one attached hydrogen (secondary N) is 1. The monoisotopic (exact) mass is 475 g/mol. The van der Waals surface area contributed by atoms with E-state index in [1.807, 2.05) is 37.3 Å². The summed E-state index contributed by atoms with van der Waals surface area (Å²) in [6.45, 7) is 1.83. The Morgan fingerprint density at radius 3 is 2.62 bits per heavy atom. The van der Waals surface area contributed by atoms with Crippen LogP contribution in [0.2, 0.25) is 0 Å². The van der Waals surface area contributed by atoms with Crippen LogP contribution in [0.1, 0.15) is 49.3 Å². The van der Waals surface area contributed by atoms with E-state index in [9.17, 15) is 13.7 Å². The predicted octanol–water partition coefficient (Wildman–Crippen LogP) is 4.75. The molecule has 1 saturated carbocycles. The van der Waals surface area contributed by atoms with E-state index >= 15 is 0 Å². The van der Waals surface area contributed by atoms with Crippen molar-refractivity contribution >= 4 is 21.4 Å². The number of hydrogen-bond donors (Lipinski definition) is 1. The van der Waals surface area contributed by atoms with Gasteiger partial charge in [-0.15, -0.1) is 0 Å². The molecule has 9 heteroatoms. The maximum Gasteiger partial charge on any atom is 0.237 e. The van der Waals surface area contributed by atoms with Crippen molar-refractivity contribution in [2.24, 2.45) is 0 Å². The fourth-order valence-corrected chi connectivity index (χ4v) is 5.67. The lowest BCUT2D eigenvalue weighted by atomic mass is 9.91. The van der Waals surface area contributed by atoms with Crippen molar-refractivity contribution in [3.05, 3.63) is 72.2 Å². The number of fused-ring (bicyclic) bond motifs is 1. The van der Waals surface area contributed by atoms with Gasteiger partial charge >= 0.3 is 0 Å². The zero-order chi connectivity index (χ0) is 23.7. The molecule has 2 heterocycles. The van der Waals surface area contributed by atoms with Crippen molar-refractivity contribution in [2.45, 2.75) is 44.2 Å². The average Bonchev–Trinajstić information content (AvgIpc) is 3.61. The Labute approximate surface area is 199 Å². The van der Waals surface area contributed by atoms with E-state index in [1.54, 1.807) is 30.7 Å². The van der Waals surface area contributed by atoms with Crippen LogP contribution in [0.3, 0.4) is 0 Å². The van der Waals surface area contributed by atoms with Gasteiger partial charge in [0.25, 0.3) is 0 Å². The molecule has 0 bridgehead atoms. The Hall–Kier alpha value is -3.64. The molecule has 0 amide bonds. The van der Waals surface area contributed by atoms with Gasteiger partial charge in [-0.2, -0.15) is 5.26 Å². The van der Waals surface area contributed by atoms with Crippen molar-refractivity contribution in [1.29, 1.82) is 5.26 Å². The number of anilines is 2. The van der Waals surface area contributed by atoms with Crippen LogP contribution < -0.4 is 14.4 Å². The maximum absolute atomic E-state index is 12.1. The first-order valence-corrected chi connectivity index (χ1v) is 13.0. The standard InChI is InChI=1S/C25H25N5O3S/c1-2-13-34(31,32)29-18-5-3-17(4-6-18)25-22(15-26)21-10-9-20(33-24-16-27-11-12-28-24)14-23(21)30(25)19-7-8-19/h3-6,9-12,14,16,19,22,25,29H,2,7-8,13H2,1H3. The third kappa shape index (κ3) is 4.41. The summed E-state index contributed by atoms with van der Waals surface area (Å²) in [5.41, 5.74) is 3.47. The van der Waals surface area contributed by atoms with E-state index in [0.717, 1.165) is 29.7 Å². The molecule has 8 nitrogen and oxygen atoms in total. The zero-order valence-electron chi connectivity index (χ0n) is 18.8. The van der Waals surface area contributed by atoms with Gasteiger partial charge in [0, 0.05) is 35.9 Å². The number of aromatic nitrogens is 2. The highest BCUT2D eigenvalue weighted by atomic mass is 32.2. The highest BCUT2D eigenvalue weighted by Crippen LogP contribution is 2.54. The first kappa shape index (κ1) is 22.2. The molecule has 34 heavy (non-hydrogen) atoms. The fourth-order valence-electron chi connectivity index (χ4n) is 4.53. The number of benzene rings is 2. The predicted molar refractivity (Wildman–Crippen MR) is 129 cm³/mol. The van der Waals surface area contributed by atoms with Gasteiger partial charge < -0.3 is 9.64 Å². The fraction of sp³-hybridized carbons (Fsp3) is 0.320. The summed E-state index contributed by atoms with van der Waals surface area (Å²) in [5, 5.41) is 10.1. The molecule has 0 saturated heterocycles. The molecule has 1 aromatic heterocycles. The van der Waals surface area contributed by atoms with Gasteiger partial charge in [0.2, 0.25) is 15.9 Å². The molecule has 2 aromatic carbocycles. The van der Waals surface area contributed by atoms with Gasteiger partial charge in [-0.1, -0.05) is 25.1 Å². The lowest BCUT2D eigenvalue weighted by Gasteiger charge is -2.29. The Morgan fingerprint density at radius 1 is 1.18 bits per heavy atom. The molecule has 2 unspecified atom stereocenters. The van der Waals surface area contributed by atoms with E-state index in [0.29, 0.717) is 29.8 Å². The average molecular weight is 476 g/mol. The number of ether oxygens (including phenoxy) is 1. The van der Waals surface area contributed by atoms with E-state index in [-0.39, 0.29) is 17.7 Å². The molecule has 1 aliphatic carbocycles. The van der Waals surface area contributed by atoms with Gasteiger partial charge in [0.1, 0.15) is 5.75 Å². The van der Waals surface area contributed by atoms with Crippen molar-refractivity contribution in [1.82, 2.24) is 9.97 Å². The van der Waals surface area contributed by atoms with E-state index in [1.165, 1.54) is 0 Å². The largest absolute Gasteiger partial charge is 0.437 e. The minimum absolute atomic E-state index is 0.0810. The molecular weight excluding hydrogens is 450 g/mol. The van der Waals surface area contributed by atoms with E-state index in [2.05, 4.69) is 25.7 Å².